The molecule has 0 spiro atoms. The van der Waals surface area contributed by atoms with E-state index in [0.717, 1.165) is 16.5 Å². The van der Waals surface area contributed by atoms with Crippen molar-refractivity contribution in [2.45, 2.75) is 18.5 Å². The number of benzene rings is 2. The van der Waals surface area contributed by atoms with Crippen molar-refractivity contribution in [3.8, 4) is 0 Å². The maximum absolute atomic E-state index is 13.5. The van der Waals surface area contributed by atoms with E-state index in [2.05, 4.69) is 49.7 Å². The minimum atomic E-state index is -0.160. The summed E-state index contributed by atoms with van der Waals surface area (Å²) in [7, 11) is 1.65. The van der Waals surface area contributed by atoms with E-state index >= 15 is 0 Å². The number of rotatable bonds is 6. The van der Waals surface area contributed by atoms with Crippen LogP contribution in [0.5, 0.6) is 0 Å². The third-order valence-electron chi connectivity index (χ3n) is 6.66. The fourth-order valence-electron chi connectivity index (χ4n) is 4.94. The molecule has 5 rings (SSSR count). The summed E-state index contributed by atoms with van der Waals surface area (Å²) >= 11 is 0. The fraction of sp³-hybridized carbons (Fsp3) is 0.259. The maximum atomic E-state index is 13.5. The molecular formula is C27H28N6O2. The van der Waals surface area contributed by atoms with Gasteiger partial charge in [-0.2, -0.15) is 5.10 Å². The Bertz CT molecular complexity index is 1270. The number of nitrogens with zero attached hydrogens (tertiary/aromatic N) is 4. The number of piperazine rings is 1. The molecule has 8 nitrogen and oxygen atoms in total. The van der Waals surface area contributed by atoms with Gasteiger partial charge >= 0.3 is 0 Å². The van der Waals surface area contributed by atoms with E-state index in [1.165, 1.54) is 0 Å². The highest BCUT2D eigenvalue weighted by molar-refractivity contribution is 6.04. The lowest BCUT2D eigenvalue weighted by atomic mass is 9.93. The maximum Gasteiger partial charge on any atom is 0.257 e. The molecule has 0 radical (unpaired) electrons. The molecule has 1 aliphatic heterocycles. The molecule has 0 unspecified atom stereocenters. The highest BCUT2D eigenvalue weighted by atomic mass is 16.2. The average Bonchev–Trinajstić information content (AvgIpc) is 3.40. The molecule has 0 saturated carbocycles. The molecule has 8 heteroatoms. The second kappa shape index (κ2) is 10.1. The minimum absolute atomic E-state index is 0.0259. The van der Waals surface area contributed by atoms with Gasteiger partial charge in [0.15, 0.2) is 0 Å². The lowest BCUT2D eigenvalue weighted by Gasteiger charge is -2.45. The van der Waals surface area contributed by atoms with Crippen LogP contribution in [0.15, 0.2) is 79.3 Å². The average molecular weight is 469 g/mol. The Kier molecular flexibility index (Phi) is 6.54. The van der Waals surface area contributed by atoms with E-state index in [0.29, 0.717) is 37.1 Å². The Labute approximate surface area is 204 Å². The van der Waals surface area contributed by atoms with E-state index in [-0.39, 0.29) is 23.9 Å². The normalized spacial score (nSPS) is 16.5. The summed E-state index contributed by atoms with van der Waals surface area (Å²) in [6, 6.07) is 20.5. The Balaban J connectivity index is 1.48. The number of amides is 2. The molecule has 4 aromatic rings. The lowest BCUT2D eigenvalue weighted by molar-refractivity contribution is -0.122. The van der Waals surface area contributed by atoms with Crippen molar-refractivity contribution in [1.29, 1.82) is 0 Å². The van der Waals surface area contributed by atoms with Gasteiger partial charge in [0.05, 0.1) is 23.3 Å². The number of pyridine rings is 1. The van der Waals surface area contributed by atoms with Crippen molar-refractivity contribution in [3.63, 3.8) is 0 Å². The van der Waals surface area contributed by atoms with Crippen LogP contribution in [0.3, 0.4) is 0 Å². The van der Waals surface area contributed by atoms with Gasteiger partial charge in [0, 0.05) is 56.9 Å². The smallest absolute Gasteiger partial charge is 0.257 e. The monoisotopic (exact) mass is 468 g/mol. The van der Waals surface area contributed by atoms with Crippen molar-refractivity contribution in [1.82, 2.24) is 30.3 Å². The van der Waals surface area contributed by atoms with Gasteiger partial charge in [-0.25, -0.2) is 0 Å². The Hall–Kier alpha value is -4.04. The van der Waals surface area contributed by atoms with Crippen LogP contribution in [0, 0.1) is 0 Å². The van der Waals surface area contributed by atoms with Gasteiger partial charge < -0.3 is 10.2 Å². The van der Waals surface area contributed by atoms with Gasteiger partial charge in [-0.15, -0.1) is 0 Å². The van der Waals surface area contributed by atoms with Gasteiger partial charge in [-0.1, -0.05) is 60.7 Å². The Morgan fingerprint density at radius 3 is 2.34 bits per heavy atom. The van der Waals surface area contributed by atoms with Crippen LogP contribution in [0.4, 0.5) is 0 Å². The summed E-state index contributed by atoms with van der Waals surface area (Å²) < 4.78 is 0. The number of fused-ring (bicyclic) bond motifs is 1. The molecule has 2 amide bonds. The molecule has 1 atom stereocenters. The summed E-state index contributed by atoms with van der Waals surface area (Å²) in [5, 5.41) is 10.5. The molecule has 1 fully saturated rings. The SMILES string of the molecule is CNC(=O)C[C@@H]1CN(C(=O)c2cncc3cn[nH]c23)CCN1C(c1ccccc1)c1ccccc1. The van der Waals surface area contributed by atoms with Crippen molar-refractivity contribution < 1.29 is 9.59 Å². The molecule has 1 aliphatic rings. The molecule has 0 aliphatic carbocycles. The van der Waals surface area contributed by atoms with E-state index in [1.807, 2.05) is 41.3 Å². The first kappa shape index (κ1) is 22.7. The van der Waals surface area contributed by atoms with Crippen LogP contribution in [-0.2, 0) is 4.79 Å². The van der Waals surface area contributed by atoms with Crippen LogP contribution in [-0.4, -0.2) is 69.5 Å². The van der Waals surface area contributed by atoms with Crippen LogP contribution in [0.1, 0.15) is 33.9 Å². The van der Waals surface area contributed by atoms with E-state index < -0.39 is 0 Å². The summed E-state index contributed by atoms with van der Waals surface area (Å²) in [6.45, 7) is 1.62. The van der Waals surface area contributed by atoms with Gasteiger partial charge in [-0.3, -0.25) is 24.6 Å². The number of hydrogen-bond acceptors (Lipinski definition) is 5. The third kappa shape index (κ3) is 4.65. The first-order valence-electron chi connectivity index (χ1n) is 11.8. The first-order valence-corrected chi connectivity index (χ1v) is 11.8. The molecule has 1 saturated heterocycles. The van der Waals surface area contributed by atoms with E-state index in [1.54, 1.807) is 25.6 Å². The van der Waals surface area contributed by atoms with Crippen LogP contribution in [0.25, 0.3) is 10.9 Å². The number of aromatic amines is 1. The van der Waals surface area contributed by atoms with Crippen molar-refractivity contribution in [3.05, 3.63) is 95.9 Å². The summed E-state index contributed by atoms with van der Waals surface area (Å²) in [4.78, 5) is 34.5. The van der Waals surface area contributed by atoms with Crippen molar-refractivity contribution >= 4 is 22.7 Å². The summed E-state index contributed by atoms with van der Waals surface area (Å²) in [5.41, 5.74) is 3.50. The molecule has 2 aromatic heterocycles. The van der Waals surface area contributed by atoms with Crippen LogP contribution >= 0.6 is 0 Å². The molecular weight excluding hydrogens is 440 g/mol. The Morgan fingerprint density at radius 2 is 1.69 bits per heavy atom. The zero-order chi connectivity index (χ0) is 24.2. The van der Waals surface area contributed by atoms with Crippen molar-refractivity contribution in [2.75, 3.05) is 26.7 Å². The Morgan fingerprint density at radius 1 is 1.00 bits per heavy atom. The number of H-pyrrole nitrogens is 1. The second-order valence-corrected chi connectivity index (χ2v) is 8.77. The van der Waals surface area contributed by atoms with E-state index in [4.69, 9.17) is 0 Å². The van der Waals surface area contributed by atoms with Crippen LogP contribution in [0.2, 0.25) is 0 Å². The topological polar surface area (TPSA) is 94.2 Å². The molecule has 2 aromatic carbocycles. The molecule has 35 heavy (non-hydrogen) atoms. The number of nitrogens with one attached hydrogen (secondary N) is 2. The summed E-state index contributed by atoms with van der Waals surface area (Å²) in [6.07, 6.45) is 5.23. The first-order chi connectivity index (χ1) is 17.2. The highest BCUT2D eigenvalue weighted by Crippen LogP contribution is 2.33. The van der Waals surface area contributed by atoms with E-state index in [9.17, 15) is 9.59 Å². The largest absolute Gasteiger partial charge is 0.359 e. The third-order valence-corrected chi connectivity index (χ3v) is 6.66. The zero-order valence-corrected chi connectivity index (χ0v) is 19.6. The predicted molar refractivity (Wildman–Crippen MR) is 134 cm³/mol. The molecule has 2 N–H and O–H groups in total. The number of aromatic nitrogens is 3. The number of hydrogen-bond donors (Lipinski definition) is 2. The molecule has 178 valence electrons. The second-order valence-electron chi connectivity index (χ2n) is 8.77. The number of carbonyl (C=O) groups is 2. The van der Waals surface area contributed by atoms with Gasteiger partial charge in [0.25, 0.3) is 5.91 Å². The van der Waals surface area contributed by atoms with Crippen molar-refractivity contribution in [2.24, 2.45) is 0 Å². The molecule has 3 heterocycles. The van der Waals surface area contributed by atoms with Gasteiger partial charge in [0.1, 0.15) is 0 Å². The zero-order valence-electron chi connectivity index (χ0n) is 19.6. The molecule has 0 bridgehead atoms. The van der Waals surface area contributed by atoms with Gasteiger partial charge in [-0.05, 0) is 11.1 Å². The predicted octanol–water partition coefficient (Wildman–Crippen LogP) is 3.01. The summed E-state index contributed by atoms with van der Waals surface area (Å²) in [5.74, 6) is -0.156. The lowest BCUT2D eigenvalue weighted by Crippen LogP contribution is -2.56. The fourth-order valence-corrected chi connectivity index (χ4v) is 4.94. The number of carbonyl (C=O) groups excluding carboxylic acids is 2. The quantitative estimate of drug-likeness (QED) is 0.454. The minimum Gasteiger partial charge on any atom is -0.359 e. The van der Waals surface area contributed by atoms with Crippen LogP contribution < -0.4 is 5.32 Å². The van der Waals surface area contributed by atoms with Gasteiger partial charge in [0.2, 0.25) is 5.91 Å². The highest BCUT2D eigenvalue weighted by Gasteiger charge is 2.36. The standard InChI is InChI=1S/C27H28N6O2/c1-28-24(34)14-22-18-32(27(35)23-17-29-15-21-16-30-31-25(21)23)12-13-33(22)26(19-8-4-2-5-9-19)20-10-6-3-7-11-20/h2-11,15-17,22,26H,12-14,18H2,1H3,(H,28,34)(H,30,31)/t22-/m1/s1.